The Labute approximate surface area is 159 Å². The van der Waals surface area contributed by atoms with Crippen LogP contribution in [0.25, 0.3) is 5.69 Å². The predicted octanol–water partition coefficient (Wildman–Crippen LogP) is 4.17. The van der Waals surface area contributed by atoms with Crippen molar-refractivity contribution in [3.63, 3.8) is 0 Å². The molecule has 4 rings (SSSR count). The minimum absolute atomic E-state index is 0.0417. The second-order valence-corrected chi connectivity index (χ2v) is 6.82. The Balaban J connectivity index is 1.63. The maximum Gasteiger partial charge on any atom is 0.257 e. The molecule has 0 aliphatic carbocycles. The summed E-state index contributed by atoms with van der Waals surface area (Å²) in [5.74, 6) is 0.861. The molecule has 1 amide bonds. The molecule has 3 aromatic rings. The maximum absolute atomic E-state index is 13.3. The van der Waals surface area contributed by atoms with Gasteiger partial charge in [0, 0.05) is 6.54 Å². The van der Waals surface area contributed by atoms with E-state index >= 15 is 0 Å². The molecule has 5 nitrogen and oxygen atoms in total. The molecule has 0 N–H and O–H groups in total. The van der Waals surface area contributed by atoms with Gasteiger partial charge in [-0.15, -0.1) is 0 Å². The minimum atomic E-state index is 0.0417. The van der Waals surface area contributed by atoms with Crippen LogP contribution in [-0.4, -0.2) is 34.2 Å². The van der Waals surface area contributed by atoms with E-state index in [0.29, 0.717) is 5.56 Å². The SMILES string of the molecule is COc1cccc(C2CCCN2C(=O)c2cnn(-c3ccccc3)c2C)c1. The molecule has 1 saturated heterocycles. The molecule has 0 saturated carbocycles. The van der Waals surface area contributed by atoms with Crippen molar-refractivity contribution in [1.82, 2.24) is 14.7 Å². The quantitative estimate of drug-likeness (QED) is 0.701. The van der Waals surface area contributed by atoms with Crippen LogP contribution in [0.5, 0.6) is 5.75 Å². The van der Waals surface area contributed by atoms with Gasteiger partial charge in [-0.3, -0.25) is 4.79 Å². The number of hydrogen-bond acceptors (Lipinski definition) is 3. The Kier molecular flexibility index (Phi) is 4.67. The fourth-order valence-electron chi connectivity index (χ4n) is 3.81. The van der Waals surface area contributed by atoms with Gasteiger partial charge in [0.15, 0.2) is 0 Å². The fraction of sp³-hybridized carbons (Fsp3) is 0.273. The number of rotatable bonds is 4. The zero-order valence-corrected chi connectivity index (χ0v) is 15.6. The van der Waals surface area contributed by atoms with E-state index < -0.39 is 0 Å². The lowest BCUT2D eigenvalue weighted by atomic mass is 10.0. The van der Waals surface area contributed by atoms with E-state index in [1.54, 1.807) is 13.3 Å². The number of hydrogen-bond donors (Lipinski definition) is 0. The number of benzene rings is 2. The number of carbonyl (C=O) groups is 1. The fourth-order valence-corrected chi connectivity index (χ4v) is 3.81. The zero-order chi connectivity index (χ0) is 18.8. The first kappa shape index (κ1) is 17.3. The molecule has 1 aliphatic heterocycles. The highest BCUT2D eigenvalue weighted by molar-refractivity contribution is 5.95. The van der Waals surface area contributed by atoms with Gasteiger partial charge in [-0.1, -0.05) is 30.3 Å². The summed E-state index contributed by atoms with van der Waals surface area (Å²) in [7, 11) is 1.66. The summed E-state index contributed by atoms with van der Waals surface area (Å²) < 4.78 is 7.17. The third-order valence-electron chi connectivity index (χ3n) is 5.23. The first-order valence-electron chi connectivity index (χ1n) is 9.24. The number of ether oxygens (including phenoxy) is 1. The standard InChI is InChI=1S/C22H23N3O2/c1-16-20(15-23-25(16)18-9-4-3-5-10-18)22(26)24-13-7-12-21(24)17-8-6-11-19(14-17)27-2/h3-6,8-11,14-15,21H,7,12-13H2,1-2H3. The third-order valence-corrected chi connectivity index (χ3v) is 5.23. The molecule has 0 radical (unpaired) electrons. The Morgan fingerprint density at radius 2 is 1.96 bits per heavy atom. The molecular formula is C22H23N3O2. The zero-order valence-electron chi connectivity index (χ0n) is 15.6. The third kappa shape index (κ3) is 3.21. The summed E-state index contributed by atoms with van der Waals surface area (Å²) in [6.07, 6.45) is 3.65. The van der Waals surface area contributed by atoms with E-state index in [1.165, 1.54) is 0 Å². The van der Waals surface area contributed by atoms with Gasteiger partial charge in [-0.05, 0) is 49.6 Å². The average Bonchev–Trinajstić information content (AvgIpc) is 3.35. The molecule has 1 aromatic heterocycles. The van der Waals surface area contributed by atoms with Gasteiger partial charge in [-0.2, -0.15) is 5.10 Å². The second kappa shape index (κ2) is 7.27. The molecule has 1 atom stereocenters. The van der Waals surface area contributed by atoms with E-state index in [4.69, 9.17) is 4.74 Å². The molecule has 138 valence electrons. The summed E-state index contributed by atoms with van der Waals surface area (Å²) >= 11 is 0. The number of aromatic nitrogens is 2. The summed E-state index contributed by atoms with van der Waals surface area (Å²) in [6, 6.07) is 18.0. The first-order chi connectivity index (χ1) is 13.2. The van der Waals surface area contributed by atoms with Crippen molar-refractivity contribution in [2.24, 2.45) is 0 Å². The van der Waals surface area contributed by atoms with Gasteiger partial charge in [-0.25, -0.2) is 4.68 Å². The maximum atomic E-state index is 13.3. The highest BCUT2D eigenvalue weighted by Crippen LogP contribution is 2.35. The van der Waals surface area contributed by atoms with E-state index in [0.717, 1.165) is 42.1 Å². The molecule has 0 spiro atoms. The topological polar surface area (TPSA) is 47.4 Å². The van der Waals surface area contributed by atoms with E-state index in [-0.39, 0.29) is 11.9 Å². The Morgan fingerprint density at radius 1 is 1.15 bits per heavy atom. The summed E-state index contributed by atoms with van der Waals surface area (Å²) in [5.41, 5.74) is 3.60. The molecule has 5 heteroatoms. The highest BCUT2D eigenvalue weighted by atomic mass is 16.5. The van der Waals surface area contributed by atoms with Crippen LogP contribution >= 0.6 is 0 Å². The van der Waals surface area contributed by atoms with Crippen LogP contribution in [0.3, 0.4) is 0 Å². The van der Waals surface area contributed by atoms with Crippen molar-refractivity contribution in [3.8, 4) is 11.4 Å². The normalized spacial score (nSPS) is 16.5. The average molecular weight is 361 g/mol. The monoisotopic (exact) mass is 361 g/mol. The summed E-state index contributed by atoms with van der Waals surface area (Å²) in [5, 5.41) is 4.45. The molecule has 0 bridgehead atoms. The molecule has 1 unspecified atom stereocenters. The van der Waals surface area contributed by atoms with Crippen LogP contribution in [0.1, 0.15) is 40.5 Å². The smallest absolute Gasteiger partial charge is 0.257 e. The lowest BCUT2D eigenvalue weighted by molar-refractivity contribution is 0.0734. The minimum Gasteiger partial charge on any atom is -0.497 e. The molecule has 27 heavy (non-hydrogen) atoms. The lowest BCUT2D eigenvalue weighted by Crippen LogP contribution is -2.30. The Bertz CT molecular complexity index is 949. The first-order valence-corrected chi connectivity index (χ1v) is 9.24. The molecule has 2 heterocycles. The second-order valence-electron chi connectivity index (χ2n) is 6.82. The Morgan fingerprint density at radius 3 is 2.74 bits per heavy atom. The van der Waals surface area contributed by atoms with Gasteiger partial charge in [0.05, 0.1) is 36.3 Å². The number of carbonyl (C=O) groups excluding carboxylic acids is 1. The van der Waals surface area contributed by atoms with Crippen molar-refractivity contribution in [1.29, 1.82) is 0 Å². The van der Waals surface area contributed by atoms with Crippen LogP contribution in [0.2, 0.25) is 0 Å². The summed E-state index contributed by atoms with van der Waals surface area (Å²) in [6.45, 7) is 2.71. The van der Waals surface area contributed by atoms with Crippen LogP contribution in [0, 0.1) is 6.92 Å². The predicted molar refractivity (Wildman–Crippen MR) is 104 cm³/mol. The van der Waals surface area contributed by atoms with Crippen LogP contribution in [-0.2, 0) is 0 Å². The van der Waals surface area contributed by atoms with Crippen molar-refractivity contribution in [3.05, 3.63) is 77.6 Å². The molecular weight excluding hydrogens is 338 g/mol. The Hall–Kier alpha value is -3.08. The number of methoxy groups -OCH3 is 1. The number of nitrogens with zero attached hydrogens (tertiary/aromatic N) is 3. The lowest BCUT2D eigenvalue weighted by Gasteiger charge is -2.25. The molecule has 2 aromatic carbocycles. The van der Waals surface area contributed by atoms with Crippen molar-refractivity contribution in [2.45, 2.75) is 25.8 Å². The van der Waals surface area contributed by atoms with E-state index in [1.807, 2.05) is 65.0 Å². The van der Waals surface area contributed by atoms with Crippen molar-refractivity contribution >= 4 is 5.91 Å². The van der Waals surface area contributed by atoms with Gasteiger partial charge >= 0.3 is 0 Å². The van der Waals surface area contributed by atoms with Crippen LogP contribution in [0.15, 0.2) is 60.8 Å². The van der Waals surface area contributed by atoms with Gasteiger partial charge in [0.25, 0.3) is 5.91 Å². The largest absolute Gasteiger partial charge is 0.497 e. The van der Waals surface area contributed by atoms with E-state index in [2.05, 4.69) is 11.2 Å². The number of para-hydroxylation sites is 1. The van der Waals surface area contributed by atoms with Gasteiger partial charge in [0.2, 0.25) is 0 Å². The molecule has 1 aliphatic rings. The van der Waals surface area contributed by atoms with Crippen LogP contribution < -0.4 is 4.74 Å². The van der Waals surface area contributed by atoms with Crippen molar-refractivity contribution in [2.75, 3.05) is 13.7 Å². The van der Waals surface area contributed by atoms with Crippen molar-refractivity contribution < 1.29 is 9.53 Å². The summed E-state index contributed by atoms with van der Waals surface area (Å²) in [4.78, 5) is 15.3. The molecule has 1 fully saturated rings. The number of amides is 1. The van der Waals surface area contributed by atoms with Crippen LogP contribution in [0.4, 0.5) is 0 Å². The van der Waals surface area contributed by atoms with Gasteiger partial charge < -0.3 is 9.64 Å². The van der Waals surface area contributed by atoms with E-state index in [9.17, 15) is 4.79 Å². The number of likely N-dealkylation sites (tertiary alicyclic amines) is 1. The van der Waals surface area contributed by atoms with Gasteiger partial charge in [0.1, 0.15) is 5.75 Å². The highest BCUT2D eigenvalue weighted by Gasteiger charge is 2.32.